The van der Waals surface area contributed by atoms with Gasteiger partial charge in [0.25, 0.3) is 0 Å². The van der Waals surface area contributed by atoms with Crippen molar-refractivity contribution in [3.63, 3.8) is 0 Å². The molecule has 0 aliphatic carbocycles. The summed E-state index contributed by atoms with van der Waals surface area (Å²) >= 11 is 1.53. The molecule has 1 aromatic heterocycles. The van der Waals surface area contributed by atoms with E-state index in [1.165, 1.54) is 11.3 Å². The van der Waals surface area contributed by atoms with Crippen LogP contribution in [0, 0.1) is 0 Å². The summed E-state index contributed by atoms with van der Waals surface area (Å²) in [4.78, 5) is 13.0. The number of nitrogens with two attached hydrogens (primary N) is 1. The highest BCUT2D eigenvalue weighted by atomic mass is 32.1. The van der Waals surface area contributed by atoms with Gasteiger partial charge < -0.3 is 11.1 Å². The molecule has 0 aliphatic heterocycles. The van der Waals surface area contributed by atoms with Crippen molar-refractivity contribution < 1.29 is 4.79 Å². The molecule has 1 amide bonds. The van der Waals surface area contributed by atoms with Gasteiger partial charge in [-0.15, -0.1) is 11.3 Å². The van der Waals surface area contributed by atoms with Gasteiger partial charge in [-0.2, -0.15) is 0 Å². The van der Waals surface area contributed by atoms with Crippen LogP contribution in [-0.4, -0.2) is 11.9 Å². The first-order valence-corrected chi connectivity index (χ1v) is 7.66. The van der Waals surface area contributed by atoms with Crippen LogP contribution in [0.3, 0.4) is 0 Å². The number of carbonyl (C=O) groups excluding carboxylic acids is 1. The lowest BCUT2D eigenvalue weighted by Crippen LogP contribution is -2.40. The van der Waals surface area contributed by atoms with Crippen LogP contribution in [0.25, 0.3) is 0 Å². The number of thiophene rings is 1. The van der Waals surface area contributed by atoms with Gasteiger partial charge in [0.1, 0.15) is 6.04 Å². The zero-order chi connectivity index (χ0) is 13.4. The molecule has 1 heterocycles. The molecule has 3 N–H and O–H groups in total. The summed E-state index contributed by atoms with van der Waals surface area (Å²) in [5, 5.41) is 5.03. The van der Waals surface area contributed by atoms with Crippen LogP contribution >= 0.6 is 11.3 Å². The molecular weight excluding hydrogens is 244 g/mol. The minimum absolute atomic E-state index is 0.0491. The highest BCUT2D eigenvalue weighted by molar-refractivity contribution is 7.10. The molecule has 0 spiro atoms. The van der Waals surface area contributed by atoms with E-state index in [1.54, 1.807) is 0 Å². The third-order valence-corrected chi connectivity index (χ3v) is 3.98. The lowest BCUT2D eigenvalue weighted by atomic mass is 10.0. The fraction of sp³-hybridized carbons (Fsp3) is 0.643. The number of carbonyl (C=O) groups is 1. The molecule has 1 rings (SSSR count). The van der Waals surface area contributed by atoms with E-state index in [0.29, 0.717) is 0 Å². The monoisotopic (exact) mass is 268 g/mol. The van der Waals surface area contributed by atoms with Gasteiger partial charge in [0.15, 0.2) is 0 Å². The van der Waals surface area contributed by atoms with Crippen LogP contribution in [0.4, 0.5) is 0 Å². The first kappa shape index (κ1) is 15.2. The van der Waals surface area contributed by atoms with E-state index in [2.05, 4.69) is 19.2 Å². The minimum atomic E-state index is -0.522. The molecule has 18 heavy (non-hydrogen) atoms. The Balaban J connectivity index is 2.49. The average Bonchev–Trinajstić information content (AvgIpc) is 2.89. The van der Waals surface area contributed by atoms with Gasteiger partial charge in [0.2, 0.25) is 5.91 Å². The highest BCUT2D eigenvalue weighted by Gasteiger charge is 2.19. The smallest absolute Gasteiger partial charge is 0.242 e. The minimum Gasteiger partial charge on any atom is -0.352 e. The summed E-state index contributed by atoms with van der Waals surface area (Å²) in [6.45, 7) is 4.31. The van der Waals surface area contributed by atoms with E-state index in [-0.39, 0.29) is 11.9 Å². The molecule has 3 nitrogen and oxygen atoms in total. The van der Waals surface area contributed by atoms with Crippen LogP contribution < -0.4 is 11.1 Å². The van der Waals surface area contributed by atoms with Crippen molar-refractivity contribution in [2.75, 3.05) is 0 Å². The van der Waals surface area contributed by atoms with E-state index < -0.39 is 6.04 Å². The Labute approximate surface area is 114 Å². The molecule has 0 bridgehead atoms. The van der Waals surface area contributed by atoms with Gasteiger partial charge in [-0.1, -0.05) is 39.2 Å². The molecule has 0 saturated carbocycles. The lowest BCUT2D eigenvalue weighted by molar-refractivity contribution is -0.123. The largest absolute Gasteiger partial charge is 0.352 e. The average molecular weight is 268 g/mol. The molecule has 2 atom stereocenters. The number of unbranched alkanes of at least 4 members (excludes halogenated alkanes) is 1. The normalized spacial score (nSPS) is 14.2. The molecule has 0 fully saturated rings. The van der Waals surface area contributed by atoms with Crippen molar-refractivity contribution >= 4 is 17.2 Å². The van der Waals surface area contributed by atoms with Crippen molar-refractivity contribution in [2.24, 2.45) is 5.73 Å². The van der Waals surface area contributed by atoms with E-state index in [0.717, 1.165) is 37.0 Å². The summed E-state index contributed by atoms with van der Waals surface area (Å²) in [6.07, 6.45) is 5.48. The Bertz CT molecular complexity index is 338. The van der Waals surface area contributed by atoms with E-state index >= 15 is 0 Å². The highest BCUT2D eigenvalue weighted by Crippen LogP contribution is 2.17. The first-order valence-electron chi connectivity index (χ1n) is 6.78. The van der Waals surface area contributed by atoms with Gasteiger partial charge in [0, 0.05) is 10.9 Å². The third kappa shape index (κ3) is 4.78. The Hall–Kier alpha value is -0.870. The molecule has 2 unspecified atom stereocenters. The second-order valence-electron chi connectivity index (χ2n) is 4.63. The van der Waals surface area contributed by atoms with Gasteiger partial charge in [0.05, 0.1) is 0 Å². The van der Waals surface area contributed by atoms with Crippen LogP contribution in [0.5, 0.6) is 0 Å². The van der Waals surface area contributed by atoms with E-state index in [9.17, 15) is 4.79 Å². The Morgan fingerprint density at radius 1 is 1.39 bits per heavy atom. The van der Waals surface area contributed by atoms with Crippen molar-refractivity contribution in [3.8, 4) is 0 Å². The van der Waals surface area contributed by atoms with Crippen molar-refractivity contribution in [1.82, 2.24) is 5.32 Å². The summed E-state index contributed by atoms with van der Waals surface area (Å²) in [7, 11) is 0. The van der Waals surface area contributed by atoms with Gasteiger partial charge in [-0.25, -0.2) is 0 Å². The van der Waals surface area contributed by atoms with Crippen molar-refractivity contribution in [3.05, 3.63) is 22.4 Å². The molecule has 0 aromatic carbocycles. The molecule has 4 heteroatoms. The SMILES string of the molecule is CCCCC(CCC)NC(=O)C(N)c1cccs1. The predicted molar refractivity (Wildman–Crippen MR) is 77.6 cm³/mol. The Morgan fingerprint density at radius 2 is 2.17 bits per heavy atom. The molecule has 1 aromatic rings. The van der Waals surface area contributed by atoms with Crippen LogP contribution in [-0.2, 0) is 4.79 Å². The zero-order valence-electron chi connectivity index (χ0n) is 11.3. The number of hydrogen-bond acceptors (Lipinski definition) is 3. The standard InChI is InChI=1S/C14H24N2OS/c1-3-5-8-11(7-4-2)16-14(17)13(15)12-9-6-10-18-12/h6,9-11,13H,3-5,7-8,15H2,1-2H3,(H,16,17). The molecule has 0 radical (unpaired) electrons. The number of nitrogens with one attached hydrogen (secondary N) is 1. The predicted octanol–water partition coefficient (Wildman–Crippen LogP) is 3.22. The molecule has 102 valence electrons. The van der Waals surface area contributed by atoms with Crippen molar-refractivity contribution in [2.45, 2.75) is 58.0 Å². The quantitative estimate of drug-likeness (QED) is 0.760. The molecule has 0 saturated heterocycles. The third-order valence-electron chi connectivity index (χ3n) is 3.02. The second kappa shape index (κ2) is 8.27. The fourth-order valence-corrected chi connectivity index (χ4v) is 2.70. The molecular formula is C14H24N2OS. The van der Waals surface area contributed by atoms with Gasteiger partial charge >= 0.3 is 0 Å². The molecule has 0 aliphatic rings. The maximum atomic E-state index is 12.1. The number of hydrogen-bond donors (Lipinski definition) is 2. The van der Waals surface area contributed by atoms with Gasteiger partial charge in [-0.3, -0.25) is 4.79 Å². The summed E-state index contributed by atoms with van der Waals surface area (Å²) in [6, 6.07) is 3.59. The zero-order valence-corrected chi connectivity index (χ0v) is 12.1. The second-order valence-corrected chi connectivity index (χ2v) is 5.61. The topological polar surface area (TPSA) is 55.1 Å². The van der Waals surface area contributed by atoms with E-state index in [1.807, 2.05) is 17.5 Å². The van der Waals surface area contributed by atoms with E-state index in [4.69, 9.17) is 5.73 Å². The Kier molecular flexibility index (Phi) is 6.98. The van der Waals surface area contributed by atoms with Crippen LogP contribution in [0.15, 0.2) is 17.5 Å². The maximum absolute atomic E-state index is 12.1. The van der Waals surface area contributed by atoms with Crippen LogP contribution in [0.2, 0.25) is 0 Å². The van der Waals surface area contributed by atoms with Crippen molar-refractivity contribution in [1.29, 1.82) is 0 Å². The van der Waals surface area contributed by atoms with Crippen LogP contribution in [0.1, 0.15) is 56.9 Å². The lowest BCUT2D eigenvalue weighted by Gasteiger charge is -2.20. The summed E-state index contributed by atoms with van der Waals surface area (Å²) in [5.74, 6) is -0.0491. The maximum Gasteiger partial charge on any atom is 0.242 e. The first-order chi connectivity index (χ1) is 8.69. The fourth-order valence-electron chi connectivity index (χ4n) is 1.98. The number of rotatable bonds is 8. The van der Waals surface area contributed by atoms with Gasteiger partial charge in [-0.05, 0) is 24.3 Å². The Morgan fingerprint density at radius 3 is 2.72 bits per heavy atom. The number of amides is 1. The summed E-state index contributed by atoms with van der Waals surface area (Å²) < 4.78 is 0. The summed E-state index contributed by atoms with van der Waals surface area (Å²) in [5.41, 5.74) is 5.95.